The van der Waals surface area contributed by atoms with Gasteiger partial charge in [0.2, 0.25) is 0 Å². The van der Waals surface area contributed by atoms with Crippen molar-refractivity contribution in [2.75, 3.05) is 6.54 Å². The molecule has 21 heavy (non-hydrogen) atoms. The Morgan fingerprint density at radius 1 is 1.43 bits per heavy atom. The Kier molecular flexibility index (Phi) is 4.01. The zero-order valence-electron chi connectivity index (χ0n) is 11.5. The first kappa shape index (κ1) is 15.1. The Labute approximate surface area is 118 Å². The molecule has 6 nitrogen and oxygen atoms in total. The number of halogens is 3. The second kappa shape index (κ2) is 5.58. The third-order valence-corrected chi connectivity index (χ3v) is 2.80. The predicted octanol–water partition coefficient (Wildman–Crippen LogP) is 1.67. The van der Waals surface area contributed by atoms with E-state index in [1.165, 1.54) is 17.8 Å². The van der Waals surface area contributed by atoms with Gasteiger partial charge in [0.25, 0.3) is 5.91 Å². The molecule has 0 atom stereocenters. The fourth-order valence-electron chi connectivity index (χ4n) is 1.76. The van der Waals surface area contributed by atoms with Crippen molar-refractivity contribution in [1.82, 2.24) is 25.1 Å². The molecule has 0 saturated carbocycles. The largest absolute Gasteiger partial charge is 0.435 e. The van der Waals surface area contributed by atoms with Crippen LogP contribution in [0.4, 0.5) is 13.2 Å². The molecule has 0 aliphatic carbocycles. The summed E-state index contributed by atoms with van der Waals surface area (Å²) in [5.41, 5.74) is 0.191. The number of aromatic amines is 1. The molecule has 0 saturated heterocycles. The van der Waals surface area contributed by atoms with E-state index < -0.39 is 17.8 Å². The zero-order valence-corrected chi connectivity index (χ0v) is 11.5. The maximum Gasteiger partial charge on any atom is 0.435 e. The summed E-state index contributed by atoms with van der Waals surface area (Å²) in [7, 11) is 0. The van der Waals surface area contributed by atoms with Crippen LogP contribution in [0, 0.1) is 13.8 Å². The number of hydrogen-bond donors (Lipinski definition) is 2. The molecule has 0 aliphatic rings. The highest BCUT2D eigenvalue weighted by Gasteiger charge is 2.34. The lowest BCUT2D eigenvalue weighted by atomic mass is 10.3. The number of rotatable bonds is 4. The molecule has 0 bridgehead atoms. The molecule has 2 aromatic heterocycles. The Morgan fingerprint density at radius 2 is 2.14 bits per heavy atom. The highest BCUT2D eigenvalue weighted by atomic mass is 19.4. The van der Waals surface area contributed by atoms with Crippen LogP contribution in [0.15, 0.2) is 12.3 Å². The molecule has 0 unspecified atom stereocenters. The Hall–Kier alpha value is -2.32. The molecule has 0 fully saturated rings. The Balaban J connectivity index is 1.92. The predicted molar refractivity (Wildman–Crippen MR) is 67.6 cm³/mol. The lowest BCUT2D eigenvalue weighted by Gasteiger charge is -2.06. The first-order chi connectivity index (χ1) is 9.77. The summed E-state index contributed by atoms with van der Waals surface area (Å²) in [6.45, 7) is 3.58. The van der Waals surface area contributed by atoms with Crippen LogP contribution in [-0.4, -0.2) is 32.2 Å². The highest BCUT2D eigenvalue weighted by Crippen LogP contribution is 2.28. The number of amides is 1. The first-order valence-corrected chi connectivity index (χ1v) is 6.19. The van der Waals surface area contributed by atoms with Crippen LogP contribution >= 0.6 is 0 Å². The quantitative estimate of drug-likeness (QED) is 0.902. The van der Waals surface area contributed by atoms with Gasteiger partial charge in [-0.3, -0.25) is 9.48 Å². The van der Waals surface area contributed by atoms with Gasteiger partial charge >= 0.3 is 6.18 Å². The van der Waals surface area contributed by atoms with E-state index >= 15 is 0 Å². The summed E-state index contributed by atoms with van der Waals surface area (Å²) in [5.74, 6) is -0.246. The van der Waals surface area contributed by atoms with E-state index in [9.17, 15) is 18.0 Å². The summed E-state index contributed by atoms with van der Waals surface area (Å²) >= 11 is 0. The molecule has 2 N–H and O–H groups in total. The standard InChI is InChI=1S/C12H14F3N5O/c1-7-6-17-10(18-7)11(21)16-3-4-20-8(2)5-9(19-20)12(13,14)15/h5-6H,3-4H2,1-2H3,(H,16,21)(H,17,18). The van der Waals surface area contributed by atoms with E-state index in [0.717, 1.165) is 11.8 Å². The van der Waals surface area contributed by atoms with Gasteiger partial charge in [-0.05, 0) is 19.9 Å². The van der Waals surface area contributed by atoms with Crippen LogP contribution in [0.1, 0.15) is 27.7 Å². The molecule has 2 aromatic rings. The number of nitrogens with zero attached hydrogens (tertiary/aromatic N) is 3. The minimum Gasteiger partial charge on any atom is -0.348 e. The number of aryl methyl sites for hydroxylation is 2. The van der Waals surface area contributed by atoms with E-state index in [2.05, 4.69) is 20.4 Å². The molecule has 2 heterocycles. The van der Waals surface area contributed by atoms with E-state index in [1.807, 2.05) is 0 Å². The SMILES string of the molecule is Cc1cnc(C(=O)NCCn2nc(C(F)(F)F)cc2C)[nH]1. The fraction of sp³-hybridized carbons (Fsp3) is 0.417. The van der Waals surface area contributed by atoms with Crippen LogP contribution in [0.3, 0.4) is 0 Å². The number of carbonyl (C=O) groups is 1. The van der Waals surface area contributed by atoms with Gasteiger partial charge in [0.15, 0.2) is 11.5 Å². The summed E-state index contributed by atoms with van der Waals surface area (Å²) in [6.07, 6.45) is -2.95. The van der Waals surface area contributed by atoms with Crippen molar-refractivity contribution in [1.29, 1.82) is 0 Å². The van der Waals surface area contributed by atoms with Crippen LogP contribution in [-0.2, 0) is 12.7 Å². The summed E-state index contributed by atoms with van der Waals surface area (Å²) in [6, 6.07) is 0.970. The second-order valence-electron chi connectivity index (χ2n) is 4.56. The minimum atomic E-state index is -4.47. The smallest absolute Gasteiger partial charge is 0.348 e. The Bertz CT molecular complexity index is 644. The van der Waals surface area contributed by atoms with Gasteiger partial charge in [-0.2, -0.15) is 18.3 Å². The summed E-state index contributed by atoms with van der Waals surface area (Å²) in [5, 5.41) is 6.03. The van der Waals surface area contributed by atoms with Gasteiger partial charge in [0, 0.05) is 24.1 Å². The van der Waals surface area contributed by atoms with Crippen LogP contribution < -0.4 is 5.32 Å². The second-order valence-corrected chi connectivity index (χ2v) is 4.56. The molecular formula is C12H14F3N5O. The van der Waals surface area contributed by atoms with Crippen molar-refractivity contribution in [3.63, 3.8) is 0 Å². The lowest BCUT2D eigenvalue weighted by molar-refractivity contribution is -0.141. The summed E-state index contributed by atoms with van der Waals surface area (Å²) < 4.78 is 38.7. The van der Waals surface area contributed by atoms with E-state index in [1.54, 1.807) is 6.92 Å². The molecule has 2 rings (SSSR count). The molecule has 9 heteroatoms. The van der Waals surface area contributed by atoms with Crippen molar-refractivity contribution in [3.05, 3.63) is 35.2 Å². The van der Waals surface area contributed by atoms with Crippen molar-refractivity contribution in [3.8, 4) is 0 Å². The van der Waals surface area contributed by atoms with Gasteiger partial charge in [-0.1, -0.05) is 0 Å². The van der Waals surface area contributed by atoms with Crippen LogP contribution in [0.2, 0.25) is 0 Å². The number of aromatic nitrogens is 4. The van der Waals surface area contributed by atoms with Crippen LogP contribution in [0.25, 0.3) is 0 Å². The third kappa shape index (κ3) is 3.61. The minimum absolute atomic E-state index is 0.146. The van der Waals surface area contributed by atoms with Gasteiger partial charge < -0.3 is 10.3 Å². The fourth-order valence-corrected chi connectivity index (χ4v) is 1.76. The lowest BCUT2D eigenvalue weighted by Crippen LogP contribution is -2.28. The molecule has 1 amide bonds. The maximum atomic E-state index is 12.5. The van der Waals surface area contributed by atoms with E-state index in [-0.39, 0.29) is 18.9 Å². The highest BCUT2D eigenvalue weighted by molar-refractivity contribution is 5.90. The normalized spacial score (nSPS) is 11.7. The number of nitrogens with one attached hydrogen (secondary N) is 2. The summed E-state index contributed by atoms with van der Waals surface area (Å²) in [4.78, 5) is 18.3. The third-order valence-electron chi connectivity index (χ3n) is 2.80. The molecule has 0 aliphatic heterocycles. The monoisotopic (exact) mass is 301 g/mol. The number of H-pyrrole nitrogens is 1. The van der Waals surface area contributed by atoms with Gasteiger partial charge in [0.1, 0.15) is 0 Å². The topological polar surface area (TPSA) is 75.6 Å². The average molecular weight is 301 g/mol. The maximum absolute atomic E-state index is 12.5. The zero-order chi connectivity index (χ0) is 15.6. The number of hydrogen-bond acceptors (Lipinski definition) is 3. The van der Waals surface area contributed by atoms with E-state index in [0.29, 0.717) is 5.69 Å². The number of alkyl halides is 3. The molecule has 0 spiro atoms. The van der Waals surface area contributed by atoms with Gasteiger partial charge in [-0.25, -0.2) is 4.98 Å². The van der Waals surface area contributed by atoms with Gasteiger partial charge in [0.05, 0.1) is 6.54 Å². The van der Waals surface area contributed by atoms with E-state index in [4.69, 9.17) is 0 Å². The van der Waals surface area contributed by atoms with Gasteiger partial charge in [-0.15, -0.1) is 0 Å². The molecule has 114 valence electrons. The molecule has 0 aromatic carbocycles. The number of imidazole rings is 1. The first-order valence-electron chi connectivity index (χ1n) is 6.19. The Morgan fingerprint density at radius 3 is 2.67 bits per heavy atom. The number of carbonyl (C=O) groups excluding carboxylic acids is 1. The van der Waals surface area contributed by atoms with Crippen molar-refractivity contribution in [2.45, 2.75) is 26.6 Å². The molecular weight excluding hydrogens is 287 g/mol. The molecule has 0 radical (unpaired) electrons. The van der Waals surface area contributed by atoms with Crippen molar-refractivity contribution >= 4 is 5.91 Å². The van der Waals surface area contributed by atoms with Crippen molar-refractivity contribution in [2.24, 2.45) is 0 Å². The van der Waals surface area contributed by atoms with Crippen molar-refractivity contribution < 1.29 is 18.0 Å². The average Bonchev–Trinajstić information content (AvgIpc) is 2.96. The van der Waals surface area contributed by atoms with Crippen LogP contribution in [0.5, 0.6) is 0 Å².